The molecule has 0 saturated heterocycles. The Labute approximate surface area is 123 Å². The van der Waals surface area contributed by atoms with Crippen LogP contribution in [0.3, 0.4) is 0 Å². The summed E-state index contributed by atoms with van der Waals surface area (Å²) < 4.78 is 2.12. The maximum atomic E-state index is 12.1. The van der Waals surface area contributed by atoms with Crippen LogP contribution < -0.4 is 10.6 Å². The lowest BCUT2D eigenvalue weighted by molar-refractivity contribution is -0.105. The zero-order chi connectivity index (χ0) is 15.0. The second-order valence-electron chi connectivity index (χ2n) is 4.32. The van der Waals surface area contributed by atoms with Gasteiger partial charge in [-0.05, 0) is 26.1 Å². The number of aromatic amines is 1. The molecule has 8 heteroatoms. The van der Waals surface area contributed by atoms with Crippen LogP contribution in [0.4, 0.5) is 5.69 Å². The first-order valence-electron chi connectivity index (χ1n) is 6.42. The van der Waals surface area contributed by atoms with Gasteiger partial charge in [-0.2, -0.15) is 5.10 Å². The van der Waals surface area contributed by atoms with Gasteiger partial charge in [0.05, 0.1) is 11.9 Å². The maximum absolute atomic E-state index is 12.1. The number of hydrogen-bond acceptors (Lipinski definition) is 5. The highest BCUT2D eigenvalue weighted by Crippen LogP contribution is 2.12. The van der Waals surface area contributed by atoms with Gasteiger partial charge in [0.2, 0.25) is 6.41 Å². The van der Waals surface area contributed by atoms with Crippen molar-refractivity contribution in [2.45, 2.75) is 25.8 Å². The molecule has 1 rings (SSSR count). The van der Waals surface area contributed by atoms with Gasteiger partial charge >= 0.3 is 0 Å². The van der Waals surface area contributed by atoms with Crippen LogP contribution in [0.15, 0.2) is 6.20 Å². The molecule has 112 valence electrons. The summed E-state index contributed by atoms with van der Waals surface area (Å²) in [7, 11) is 2.01. The summed E-state index contributed by atoms with van der Waals surface area (Å²) in [6.07, 6.45) is 5.66. The maximum Gasteiger partial charge on any atom is 0.271 e. The Bertz CT molecular complexity index is 437. The van der Waals surface area contributed by atoms with Crippen molar-refractivity contribution in [3.05, 3.63) is 11.9 Å². The molecule has 7 nitrogen and oxygen atoms in total. The number of carbonyl (C=O) groups is 2. The lowest BCUT2D eigenvalue weighted by Gasteiger charge is -2.20. The van der Waals surface area contributed by atoms with E-state index in [1.165, 1.54) is 6.20 Å². The minimum Gasteiger partial charge on any atom is -0.348 e. The van der Waals surface area contributed by atoms with Crippen molar-refractivity contribution in [2.75, 3.05) is 25.2 Å². The molecule has 0 bridgehead atoms. The molecule has 1 aromatic rings. The van der Waals surface area contributed by atoms with Gasteiger partial charge in [0.15, 0.2) is 0 Å². The van der Waals surface area contributed by atoms with Crippen molar-refractivity contribution in [1.29, 1.82) is 0 Å². The molecule has 20 heavy (non-hydrogen) atoms. The van der Waals surface area contributed by atoms with Gasteiger partial charge in [-0.1, -0.05) is 18.9 Å². The quantitative estimate of drug-likeness (QED) is 0.469. The largest absolute Gasteiger partial charge is 0.348 e. The molecule has 1 atom stereocenters. The van der Waals surface area contributed by atoms with E-state index in [2.05, 4.69) is 25.1 Å². The lowest BCUT2D eigenvalue weighted by Crippen LogP contribution is -2.36. The minimum atomic E-state index is -0.259. The number of carbonyl (C=O) groups excluding carboxylic acids is 2. The second kappa shape index (κ2) is 8.60. The Morgan fingerprint density at radius 1 is 1.65 bits per heavy atom. The molecule has 0 radical (unpaired) electrons. The Morgan fingerprint density at radius 3 is 3.00 bits per heavy atom. The first-order valence-corrected chi connectivity index (χ1v) is 7.60. The van der Waals surface area contributed by atoms with Crippen molar-refractivity contribution in [2.24, 2.45) is 0 Å². The molecule has 0 aliphatic heterocycles. The normalized spacial score (nSPS) is 12.2. The van der Waals surface area contributed by atoms with Gasteiger partial charge in [-0.15, -0.1) is 0 Å². The fraction of sp³-hybridized carbons (Fsp3) is 0.583. The van der Waals surface area contributed by atoms with E-state index >= 15 is 0 Å². The first kappa shape index (κ1) is 16.5. The van der Waals surface area contributed by atoms with E-state index in [0.717, 1.165) is 19.4 Å². The van der Waals surface area contributed by atoms with E-state index in [-0.39, 0.29) is 17.6 Å². The molecular weight excluding hydrogens is 278 g/mol. The number of rotatable bonds is 9. The predicted octanol–water partition coefficient (Wildman–Crippen LogP) is 1.09. The van der Waals surface area contributed by atoms with Crippen LogP contribution in [0.1, 0.15) is 30.3 Å². The van der Waals surface area contributed by atoms with Crippen LogP contribution in [-0.4, -0.2) is 52.7 Å². The molecule has 1 unspecified atom stereocenters. The SMILES string of the molecule is CCC(CCN(C)SC)NC(=O)c1[nH]ncc1NC=O. The van der Waals surface area contributed by atoms with Gasteiger partial charge in [-0.3, -0.25) is 19.0 Å². The predicted molar refractivity (Wildman–Crippen MR) is 80.6 cm³/mol. The molecule has 0 saturated carbocycles. The van der Waals surface area contributed by atoms with Crippen LogP contribution in [0.2, 0.25) is 0 Å². The minimum absolute atomic E-state index is 0.0875. The smallest absolute Gasteiger partial charge is 0.271 e. The first-order chi connectivity index (χ1) is 9.62. The molecule has 2 amide bonds. The number of nitrogens with one attached hydrogen (secondary N) is 3. The van der Waals surface area contributed by atoms with E-state index in [4.69, 9.17) is 0 Å². The Balaban J connectivity index is 2.57. The summed E-state index contributed by atoms with van der Waals surface area (Å²) in [4.78, 5) is 22.6. The van der Waals surface area contributed by atoms with Gasteiger partial charge in [0.1, 0.15) is 5.69 Å². The summed E-state index contributed by atoms with van der Waals surface area (Å²) in [6.45, 7) is 2.92. The number of aromatic nitrogens is 2. The summed E-state index contributed by atoms with van der Waals surface area (Å²) in [5.74, 6) is -0.259. The number of amides is 2. The number of H-pyrrole nitrogens is 1. The third kappa shape index (κ3) is 4.86. The van der Waals surface area contributed by atoms with Crippen molar-refractivity contribution in [1.82, 2.24) is 19.8 Å². The monoisotopic (exact) mass is 299 g/mol. The van der Waals surface area contributed by atoms with Gasteiger partial charge in [0, 0.05) is 12.6 Å². The molecule has 0 spiro atoms. The molecular formula is C12H21N5O2S. The van der Waals surface area contributed by atoms with Crippen molar-refractivity contribution < 1.29 is 9.59 Å². The van der Waals surface area contributed by atoms with Crippen molar-refractivity contribution in [3.63, 3.8) is 0 Å². The van der Waals surface area contributed by atoms with E-state index in [1.807, 2.05) is 20.2 Å². The van der Waals surface area contributed by atoms with Crippen LogP contribution in [-0.2, 0) is 4.79 Å². The molecule has 1 aromatic heterocycles. The number of nitrogens with zero attached hydrogens (tertiary/aromatic N) is 2. The summed E-state index contributed by atoms with van der Waals surface area (Å²) in [5.41, 5.74) is 0.655. The van der Waals surface area contributed by atoms with Gasteiger partial charge in [-0.25, -0.2) is 0 Å². The average molecular weight is 299 g/mol. The zero-order valence-corrected chi connectivity index (χ0v) is 12.8. The van der Waals surface area contributed by atoms with E-state index in [1.54, 1.807) is 11.9 Å². The highest BCUT2D eigenvalue weighted by atomic mass is 32.2. The standard InChI is InChI=1S/C12H21N5O2S/c1-4-9(5-6-17(2)20-3)15-12(19)11-10(13-8-18)7-14-16-11/h7-9H,4-6H2,1-3H3,(H,13,18)(H,14,16)(H,15,19). The summed E-state index contributed by atoms with van der Waals surface area (Å²) in [5, 5.41) is 11.7. The van der Waals surface area contributed by atoms with Crippen LogP contribution in [0, 0.1) is 0 Å². The summed E-state index contributed by atoms with van der Waals surface area (Å²) >= 11 is 1.66. The Hall–Kier alpha value is -1.54. The van der Waals surface area contributed by atoms with E-state index in [9.17, 15) is 9.59 Å². The van der Waals surface area contributed by atoms with E-state index in [0.29, 0.717) is 12.1 Å². The number of hydrogen-bond donors (Lipinski definition) is 3. The Kier molecular flexibility index (Phi) is 7.10. The van der Waals surface area contributed by atoms with Gasteiger partial charge in [0.25, 0.3) is 5.91 Å². The molecule has 0 aliphatic carbocycles. The van der Waals surface area contributed by atoms with E-state index < -0.39 is 0 Å². The van der Waals surface area contributed by atoms with Crippen LogP contribution >= 0.6 is 11.9 Å². The topological polar surface area (TPSA) is 90.1 Å². The molecule has 0 fully saturated rings. The van der Waals surface area contributed by atoms with Crippen molar-refractivity contribution >= 4 is 30.0 Å². The van der Waals surface area contributed by atoms with Gasteiger partial charge < -0.3 is 10.6 Å². The molecule has 0 aliphatic rings. The fourth-order valence-corrected chi connectivity index (χ4v) is 1.98. The lowest BCUT2D eigenvalue weighted by atomic mass is 10.1. The fourth-order valence-electron chi connectivity index (χ4n) is 1.70. The number of anilines is 1. The molecule has 3 N–H and O–H groups in total. The summed E-state index contributed by atoms with van der Waals surface area (Å²) in [6, 6.07) is 0.0875. The van der Waals surface area contributed by atoms with Crippen LogP contribution in [0.25, 0.3) is 0 Å². The molecule has 1 heterocycles. The highest BCUT2D eigenvalue weighted by Gasteiger charge is 2.17. The third-order valence-corrected chi connectivity index (χ3v) is 3.82. The van der Waals surface area contributed by atoms with Crippen LogP contribution in [0.5, 0.6) is 0 Å². The average Bonchev–Trinajstić information content (AvgIpc) is 2.91. The second-order valence-corrected chi connectivity index (χ2v) is 5.31. The van der Waals surface area contributed by atoms with Crippen molar-refractivity contribution in [3.8, 4) is 0 Å². The third-order valence-electron chi connectivity index (χ3n) is 3.01. The molecule has 0 aromatic carbocycles. The highest BCUT2D eigenvalue weighted by molar-refractivity contribution is 7.96. The zero-order valence-electron chi connectivity index (χ0n) is 12.0. The Morgan fingerprint density at radius 2 is 2.40 bits per heavy atom.